The number of nitrogens with zero attached hydrogens (tertiary/aromatic N) is 5. The third kappa shape index (κ3) is 4.98. The largest absolute Gasteiger partial charge is 0.384 e. The Bertz CT molecular complexity index is 1490. The number of fused-ring (bicyclic) bond motifs is 1. The fraction of sp³-hybridized carbons (Fsp3) is 0.500. The Balaban J connectivity index is 1.64. The second kappa shape index (κ2) is 10.1. The molecule has 0 unspecified atom stereocenters. The maximum Gasteiger partial charge on any atom is 0.332 e. The van der Waals surface area contributed by atoms with Gasteiger partial charge in [-0.1, -0.05) is 38.6 Å². The van der Waals surface area contributed by atoms with Crippen LogP contribution in [0.15, 0.2) is 33.5 Å². The van der Waals surface area contributed by atoms with Crippen LogP contribution in [0.25, 0.3) is 10.7 Å². The standard InChI is InChI=1S/C26H34N6O3S2/c1-8-11-32-22(18-13-15-12-16(26(3,4)5)9-10-17(15)37-18)28-29-24(32)36-14(2)20(33)19-21(27)30(6)25(35)31(7)23(19)34/h8,13-14,16H,1,9-12,27H2,2-7H3/t14-,16-/m1/s1. The van der Waals surface area contributed by atoms with Gasteiger partial charge < -0.3 is 5.73 Å². The molecular weight excluding hydrogens is 508 g/mol. The highest BCUT2D eigenvalue weighted by molar-refractivity contribution is 8.00. The van der Waals surface area contributed by atoms with E-state index < -0.39 is 22.3 Å². The molecule has 0 bridgehead atoms. The Hall–Kier alpha value is -2.92. The predicted octanol–water partition coefficient (Wildman–Crippen LogP) is 3.69. The van der Waals surface area contributed by atoms with Crippen molar-refractivity contribution in [3.8, 4) is 10.7 Å². The van der Waals surface area contributed by atoms with Crippen LogP contribution in [0.1, 0.15) is 54.9 Å². The van der Waals surface area contributed by atoms with Crippen LogP contribution < -0.4 is 17.0 Å². The number of thiophene rings is 1. The quantitative estimate of drug-likeness (QED) is 0.275. The lowest BCUT2D eigenvalue weighted by Crippen LogP contribution is -2.42. The SMILES string of the molecule is C=CCn1c(S[C@H](C)C(=O)c2c(N)n(C)c(=O)n(C)c2=O)nnc1-c1cc2c(s1)CC[C@@H](C(C)(C)C)C2. The average molecular weight is 543 g/mol. The lowest BCUT2D eigenvalue weighted by atomic mass is 9.72. The van der Waals surface area contributed by atoms with Gasteiger partial charge in [-0.15, -0.1) is 28.1 Å². The monoisotopic (exact) mass is 542 g/mol. The van der Waals surface area contributed by atoms with Crippen molar-refractivity contribution < 1.29 is 4.79 Å². The van der Waals surface area contributed by atoms with E-state index in [1.165, 1.54) is 42.7 Å². The van der Waals surface area contributed by atoms with E-state index in [0.717, 1.165) is 32.7 Å². The number of thioether (sulfide) groups is 1. The number of carbonyl (C=O) groups is 1. The number of anilines is 1. The molecule has 0 radical (unpaired) electrons. The molecule has 11 heteroatoms. The molecule has 0 fully saturated rings. The van der Waals surface area contributed by atoms with Crippen LogP contribution in [-0.2, 0) is 33.5 Å². The Morgan fingerprint density at radius 1 is 1.30 bits per heavy atom. The van der Waals surface area contributed by atoms with Crippen LogP contribution in [0.5, 0.6) is 0 Å². The van der Waals surface area contributed by atoms with Crippen molar-refractivity contribution in [2.24, 2.45) is 25.4 Å². The van der Waals surface area contributed by atoms with Gasteiger partial charge in [0.2, 0.25) is 0 Å². The van der Waals surface area contributed by atoms with Crippen molar-refractivity contribution in [1.29, 1.82) is 0 Å². The summed E-state index contributed by atoms with van der Waals surface area (Å²) in [5.74, 6) is 0.778. The number of Topliss-reactive ketones (excluding diaryl/α,β-unsaturated/α-hetero) is 1. The first-order chi connectivity index (χ1) is 17.3. The van der Waals surface area contributed by atoms with Crippen LogP contribution in [-0.4, -0.2) is 34.9 Å². The Morgan fingerprint density at radius 2 is 2.00 bits per heavy atom. The van der Waals surface area contributed by atoms with Crippen molar-refractivity contribution in [1.82, 2.24) is 23.9 Å². The Morgan fingerprint density at radius 3 is 2.65 bits per heavy atom. The molecule has 37 heavy (non-hydrogen) atoms. The summed E-state index contributed by atoms with van der Waals surface area (Å²) in [4.78, 5) is 40.6. The maximum atomic E-state index is 13.3. The number of aromatic nitrogens is 5. The van der Waals surface area contributed by atoms with Crippen molar-refractivity contribution in [3.05, 3.63) is 55.6 Å². The molecule has 0 saturated heterocycles. The molecule has 3 heterocycles. The zero-order valence-electron chi connectivity index (χ0n) is 22.2. The summed E-state index contributed by atoms with van der Waals surface area (Å²) in [7, 11) is 2.76. The first-order valence-corrected chi connectivity index (χ1v) is 14.0. The van der Waals surface area contributed by atoms with Gasteiger partial charge in [0.15, 0.2) is 16.8 Å². The molecule has 1 aliphatic carbocycles. The number of aryl methyl sites for hydroxylation is 1. The Labute approximate surface area is 224 Å². The number of allylic oxidation sites excluding steroid dienone is 1. The first kappa shape index (κ1) is 27.1. The van der Waals surface area contributed by atoms with Crippen molar-refractivity contribution in [3.63, 3.8) is 0 Å². The minimum absolute atomic E-state index is 0.142. The molecule has 0 aliphatic heterocycles. The van der Waals surface area contributed by atoms with Crippen LogP contribution in [0.2, 0.25) is 0 Å². The highest BCUT2D eigenvalue weighted by Gasteiger charge is 2.31. The van der Waals surface area contributed by atoms with E-state index in [4.69, 9.17) is 5.73 Å². The molecule has 0 aromatic carbocycles. The van der Waals surface area contributed by atoms with Gasteiger partial charge in [0.1, 0.15) is 11.4 Å². The fourth-order valence-electron chi connectivity index (χ4n) is 4.73. The second-order valence-electron chi connectivity index (χ2n) is 10.7. The molecule has 1 aliphatic rings. The number of rotatable bonds is 7. The molecule has 9 nitrogen and oxygen atoms in total. The van der Waals surface area contributed by atoms with Crippen molar-refractivity contribution >= 4 is 34.7 Å². The summed E-state index contributed by atoms with van der Waals surface area (Å²) >= 11 is 2.96. The molecular formula is C26H34N6O3S2. The summed E-state index contributed by atoms with van der Waals surface area (Å²) in [6.07, 6.45) is 5.09. The van der Waals surface area contributed by atoms with Gasteiger partial charge in [-0.05, 0) is 49.1 Å². The van der Waals surface area contributed by atoms with E-state index in [9.17, 15) is 14.4 Å². The number of hydrogen-bond donors (Lipinski definition) is 1. The molecule has 4 rings (SSSR count). The highest BCUT2D eigenvalue weighted by atomic mass is 32.2. The van der Waals surface area contributed by atoms with E-state index >= 15 is 0 Å². The summed E-state index contributed by atoms with van der Waals surface area (Å²) in [6, 6.07) is 2.24. The molecule has 3 aromatic heterocycles. The molecule has 198 valence electrons. The first-order valence-electron chi connectivity index (χ1n) is 12.3. The topological polar surface area (TPSA) is 118 Å². The van der Waals surface area contributed by atoms with E-state index in [0.29, 0.717) is 17.6 Å². The van der Waals surface area contributed by atoms with Crippen molar-refractivity contribution in [2.45, 2.75) is 63.9 Å². The van der Waals surface area contributed by atoms with Crippen LogP contribution >= 0.6 is 23.1 Å². The van der Waals surface area contributed by atoms with Crippen LogP contribution in [0.4, 0.5) is 5.82 Å². The summed E-state index contributed by atoms with van der Waals surface area (Å²) < 4.78 is 3.94. The van der Waals surface area contributed by atoms with E-state index in [1.807, 2.05) is 4.57 Å². The van der Waals surface area contributed by atoms with E-state index in [2.05, 4.69) is 43.6 Å². The number of nitrogen functional groups attached to an aromatic ring is 1. The normalized spacial score (nSPS) is 16.4. The second-order valence-corrected chi connectivity index (χ2v) is 13.1. The molecule has 2 atom stereocenters. The zero-order chi connectivity index (χ0) is 27.2. The minimum atomic E-state index is -0.705. The maximum absolute atomic E-state index is 13.3. The molecule has 2 N–H and O–H groups in total. The fourth-order valence-corrected chi connectivity index (χ4v) is 6.85. The molecule has 0 saturated carbocycles. The summed E-state index contributed by atoms with van der Waals surface area (Å²) in [5.41, 5.74) is 6.18. The molecule has 0 amide bonds. The van der Waals surface area contributed by atoms with Gasteiger partial charge >= 0.3 is 5.69 Å². The van der Waals surface area contributed by atoms with E-state index in [1.54, 1.807) is 24.3 Å². The highest BCUT2D eigenvalue weighted by Crippen LogP contribution is 2.42. The average Bonchev–Trinajstić information content (AvgIpc) is 3.44. The lowest BCUT2D eigenvalue weighted by Gasteiger charge is -2.33. The number of ketones is 1. The van der Waals surface area contributed by atoms with Gasteiger partial charge in [-0.3, -0.25) is 23.3 Å². The summed E-state index contributed by atoms with van der Waals surface area (Å²) in [6.45, 7) is 13.0. The summed E-state index contributed by atoms with van der Waals surface area (Å²) in [5, 5.41) is 8.75. The van der Waals surface area contributed by atoms with Crippen molar-refractivity contribution in [2.75, 3.05) is 5.73 Å². The molecule has 0 spiro atoms. The van der Waals surface area contributed by atoms with Gasteiger partial charge in [0, 0.05) is 25.5 Å². The third-order valence-corrected chi connectivity index (χ3v) is 9.48. The lowest BCUT2D eigenvalue weighted by molar-refractivity contribution is 0.0992. The third-order valence-electron chi connectivity index (χ3n) is 7.16. The van der Waals surface area contributed by atoms with Gasteiger partial charge in [0.25, 0.3) is 5.56 Å². The number of nitrogens with two attached hydrogens (primary N) is 1. The van der Waals surface area contributed by atoms with Crippen LogP contribution in [0, 0.1) is 11.3 Å². The number of hydrogen-bond acceptors (Lipinski definition) is 8. The van der Waals surface area contributed by atoms with Crippen LogP contribution in [0.3, 0.4) is 0 Å². The number of carbonyl (C=O) groups excluding carboxylic acids is 1. The Kier molecular flexibility index (Phi) is 7.40. The zero-order valence-corrected chi connectivity index (χ0v) is 23.8. The predicted molar refractivity (Wildman–Crippen MR) is 149 cm³/mol. The van der Waals surface area contributed by atoms with Gasteiger partial charge in [-0.2, -0.15) is 0 Å². The smallest absolute Gasteiger partial charge is 0.332 e. The molecule has 3 aromatic rings. The van der Waals surface area contributed by atoms with Gasteiger partial charge in [0.05, 0.1) is 10.1 Å². The van der Waals surface area contributed by atoms with Gasteiger partial charge in [-0.25, -0.2) is 4.79 Å². The van der Waals surface area contributed by atoms with E-state index in [-0.39, 0.29) is 16.8 Å². The minimum Gasteiger partial charge on any atom is -0.384 e.